The summed E-state index contributed by atoms with van der Waals surface area (Å²) < 4.78 is 7.45. The zero-order chi connectivity index (χ0) is 20.2. The first-order valence-electron chi connectivity index (χ1n) is 8.96. The Labute approximate surface area is 176 Å². The second-order valence-corrected chi connectivity index (χ2v) is 8.20. The van der Waals surface area contributed by atoms with Crippen LogP contribution in [0, 0.1) is 13.8 Å². The summed E-state index contributed by atoms with van der Waals surface area (Å²) in [7, 11) is 0. The molecule has 9 heteroatoms. The number of amides is 1. The second-order valence-electron chi connectivity index (χ2n) is 6.40. The molecule has 3 heterocycles. The predicted molar refractivity (Wildman–Crippen MR) is 114 cm³/mol. The SMILES string of the molecule is Cc1csc(NC(=O)CSc2nnc(-c3ccoc3C)n2Cc2ccccc2)n1. The Morgan fingerprint density at radius 2 is 2.03 bits per heavy atom. The highest BCUT2D eigenvalue weighted by Crippen LogP contribution is 2.28. The van der Waals surface area contributed by atoms with Gasteiger partial charge in [-0.15, -0.1) is 21.5 Å². The number of thioether (sulfide) groups is 1. The number of hydrogen-bond acceptors (Lipinski definition) is 7. The van der Waals surface area contributed by atoms with Gasteiger partial charge in [0, 0.05) is 5.38 Å². The molecule has 4 aromatic rings. The number of furan rings is 1. The fourth-order valence-corrected chi connectivity index (χ4v) is 4.26. The van der Waals surface area contributed by atoms with Gasteiger partial charge in [-0.25, -0.2) is 4.98 Å². The molecule has 0 saturated carbocycles. The van der Waals surface area contributed by atoms with Crippen molar-refractivity contribution in [3.8, 4) is 11.4 Å². The van der Waals surface area contributed by atoms with Crippen LogP contribution < -0.4 is 5.32 Å². The molecule has 0 atom stereocenters. The van der Waals surface area contributed by atoms with Crippen LogP contribution in [0.3, 0.4) is 0 Å². The van der Waals surface area contributed by atoms with E-state index in [4.69, 9.17) is 4.42 Å². The largest absolute Gasteiger partial charge is 0.469 e. The van der Waals surface area contributed by atoms with E-state index in [1.807, 2.05) is 48.1 Å². The molecule has 0 saturated heterocycles. The standard InChI is InChI=1S/C20H19N5O2S2/c1-13-11-28-19(21-13)22-17(26)12-29-20-24-23-18(16-8-9-27-14(16)2)25(20)10-15-6-4-3-5-7-15/h3-9,11H,10,12H2,1-2H3,(H,21,22,26). The number of thiazole rings is 1. The Morgan fingerprint density at radius 1 is 1.21 bits per heavy atom. The van der Waals surface area contributed by atoms with Crippen LogP contribution in [0.5, 0.6) is 0 Å². The average molecular weight is 426 g/mol. The van der Waals surface area contributed by atoms with Gasteiger partial charge in [0.25, 0.3) is 0 Å². The first kappa shape index (κ1) is 19.4. The summed E-state index contributed by atoms with van der Waals surface area (Å²) in [6, 6.07) is 12.0. The van der Waals surface area contributed by atoms with Crippen LogP contribution in [0.2, 0.25) is 0 Å². The van der Waals surface area contributed by atoms with E-state index >= 15 is 0 Å². The van der Waals surface area contributed by atoms with Crippen molar-refractivity contribution in [1.82, 2.24) is 19.7 Å². The number of nitrogens with zero attached hydrogens (tertiary/aromatic N) is 4. The molecule has 1 amide bonds. The average Bonchev–Trinajstić information content (AvgIpc) is 3.42. The van der Waals surface area contributed by atoms with Gasteiger partial charge in [-0.3, -0.25) is 9.36 Å². The maximum atomic E-state index is 12.3. The number of anilines is 1. The topological polar surface area (TPSA) is 85.8 Å². The van der Waals surface area contributed by atoms with Crippen molar-refractivity contribution < 1.29 is 9.21 Å². The molecule has 1 N–H and O–H groups in total. The summed E-state index contributed by atoms with van der Waals surface area (Å²) in [5.74, 6) is 1.59. The highest BCUT2D eigenvalue weighted by Gasteiger charge is 2.19. The van der Waals surface area contributed by atoms with Crippen LogP contribution in [0.4, 0.5) is 5.13 Å². The Bertz CT molecular complexity index is 1120. The maximum Gasteiger partial charge on any atom is 0.236 e. The third kappa shape index (κ3) is 4.57. The predicted octanol–water partition coefficient (Wildman–Crippen LogP) is 4.39. The van der Waals surface area contributed by atoms with Crippen molar-refractivity contribution >= 4 is 34.1 Å². The van der Waals surface area contributed by atoms with Gasteiger partial charge in [0.15, 0.2) is 16.1 Å². The lowest BCUT2D eigenvalue weighted by Crippen LogP contribution is -2.14. The number of rotatable bonds is 7. The normalized spacial score (nSPS) is 11.0. The molecular weight excluding hydrogens is 406 g/mol. The fourth-order valence-electron chi connectivity index (χ4n) is 2.82. The minimum absolute atomic E-state index is 0.125. The number of aryl methyl sites for hydroxylation is 2. The van der Waals surface area contributed by atoms with Gasteiger partial charge in [0.05, 0.1) is 29.8 Å². The van der Waals surface area contributed by atoms with Gasteiger partial charge in [0.2, 0.25) is 5.91 Å². The lowest BCUT2D eigenvalue weighted by atomic mass is 10.2. The Hall–Kier alpha value is -2.91. The van der Waals surface area contributed by atoms with Gasteiger partial charge in [-0.2, -0.15) is 0 Å². The van der Waals surface area contributed by atoms with E-state index in [1.165, 1.54) is 23.1 Å². The van der Waals surface area contributed by atoms with Gasteiger partial charge in [-0.1, -0.05) is 42.1 Å². The smallest absolute Gasteiger partial charge is 0.236 e. The molecule has 4 rings (SSSR count). The summed E-state index contributed by atoms with van der Waals surface area (Å²) in [4.78, 5) is 16.6. The monoisotopic (exact) mass is 425 g/mol. The third-order valence-corrected chi connectivity index (χ3v) is 6.04. The molecule has 3 aromatic heterocycles. The van der Waals surface area contributed by atoms with Crippen molar-refractivity contribution in [2.45, 2.75) is 25.5 Å². The first-order chi connectivity index (χ1) is 14.1. The van der Waals surface area contributed by atoms with Crippen molar-refractivity contribution in [2.75, 3.05) is 11.1 Å². The summed E-state index contributed by atoms with van der Waals surface area (Å²) in [6.07, 6.45) is 1.64. The second kappa shape index (κ2) is 8.62. The van der Waals surface area contributed by atoms with Crippen LogP contribution in [0.25, 0.3) is 11.4 Å². The van der Waals surface area contributed by atoms with E-state index in [-0.39, 0.29) is 11.7 Å². The van der Waals surface area contributed by atoms with Crippen LogP contribution in [-0.4, -0.2) is 31.4 Å². The maximum absolute atomic E-state index is 12.3. The third-order valence-electron chi connectivity index (χ3n) is 4.20. The molecule has 0 spiro atoms. The Morgan fingerprint density at radius 3 is 2.72 bits per heavy atom. The van der Waals surface area contributed by atoms with Crippen molar-refractivity contribution in [3.63, 3.8) is 0 Å². The number of nitrogens with one attached hydrogen (secondary N) is 1. The summed E-state index contributed by atoms with van der Waals surface area (Å²) in [5.41, 5.74) is 2.91. The molecule has 1 aromatic carbocycles. The van der Waals surface area contributed by atoms with E-state index in [0.29, 0.717) is 16.8 Å². The van der Waals surface area contributed by atoms with Gasteiger partial charge >= 0.3 is 0 Å². The molecule has 0 fully saturated rings. The highest BCUT2D eigenvalue weighted by atomic mass is 32.2. The van der Waals surface area contributed by atoms with Gasteiger partial charge in [-0.05, 0) is 25.5 Å². The molecule has 148 valence electrons. The van der Waals surface area contributed by atoms with E-state index in [2.05, 4.69) is 32.6 Å². The van der Waals surface area contributed by atoms with Gasteiger partial charge < -0.3 is 9.73 Å². The molecular formula is C20H19N5O2S2. The highest BCUT2D eigenvalue weighted by molar-refractivity contribution is 7.99. The van der Waals surface area contributed by atoms with Crippen LogP contribution in [0.15, 0.2) is 57.6 Å². The lowest BCUT2D eigenvalue weighted by molar-refractivity contribution is -0.113. The molecule has 0 bridgehead atoms. The van der Waals surface area contributed by atoms with Gasteiger partial charge in [0.1, 0.15) is 5.76 Å². The van der Waals surface area contributed by atoms with Crippen molar-refractivity contribution in [2.24, 2.45) is 0 Å². The zero-order valence-electron chi connectivity index (χ0n) is 16.0. The number of benzene rings is 1. The molecule has 0 aliphatic rings. The van der Waals surface area contributed by atoms with Crippen molar-refractivity contribution in [1.29, 1.82) is 0 Å². The van der Waals surface area contributed by atoms with Crippen LogP contribution in [0.1, 0.15) is 17.0 Å². The fraction of sp³-hybridized carbons (Fsp3) is 0.200. The number of carbonyl (C=O) groups excluding carboxylic acids is 1. The van der Waals surface area contributed by atoms with E-state index in [9.17, 15) is 4.79 Å². The zero-order valence-corrected chi connectivity index (χ0v) is 17.6. The number of aromatic nitrogens is 4. The quantitative estimate of drug-likeness (QED) is 0.442. The molecule has 0 unspecified atom stereocenters. The minimum atomic E-state index is -0.125. The first-order valence-corrected chi connectivity index (χ1v) is 10.8. The lowest BCUT2D eigenvalue weighted by Gasteiger charge is -2.10. The summed E-state index contributed by atoms with van der Waals surface area (Å²) in [6.45, 7) is 4.39. The molecule has 0 aliphatic carbocycles. The number of hydrogen-bond donors (Lipinski definition) is 1. The van der Waals surface area contributed by atoms with Crippen molar-refractivity contribution in [3.05, 3.63) is 65.1 Å². The molecule has 0 radical (unpaired) electrons. The Balaban J connectivity index is 1.55. The minimum Gasteiger partial charge on any atom is -0.469 e. The summed E-state index contributed by atoms with van der Waals surface area (Å²) >= 11 is 2.76. The van der Waals surface area contributed by atoms with Crippen LogP contribution in [-0.2, 0) is 11.3 Å². The molecule has 0 aliphatic heterocycles. The van der Waals surface area contributed by atoms with Crippen LogP contribution >= 0.6 is 23.1 Å². The van der Waals surface area contributed by atoms with E-state index in [1.54, 1.807) is 6.26 Å². The molecule has 7 nitrogen and oxygen atoms in total. The Kier molecular flexibility index (Phi) is 5.77. The molecule has 29 heavy (non-hydrogen) atoms. The number of carbonyl (C=O) groups is 1. The van der Waals surface area contributed by atoms with E-state index in [0.717, 1.165) is 28.4 Å². The van der Waals surface area contributed by atoms with E-state index < -0.39 is 0 Å². The summed E-state index contributed by atoms with van der Waals surface area (Å²) in [5, 5.41) is 14.7.